The summed E-state index contributed by atoms with van der Waals surface area (Å²) in [6.45, 7) is 12.0. The lowest BCUT2D eigenvalue weighted by atomic mass is 10.3. The summed E-state index contributed by atoms with van der Waals surface area (Å²) in [4.78, 5) is 0. The molecule has 1 radical (unpaired) electrons. The molecular formula is C10H24NSi. The zero-order valence-corrected chi connectivity index (χ0v) is 10.2. The van der Waals surface area contributed by atoms with Gasteiger partial charge in [0.15, 0.2) is 0 Å². The first-order valence-electron chi connectivity index (χ1n) is 5.27. The van der Waals surface area contributed by atoms with Crippen LogP contribution >= 0.6 is 0 Å². The van der Waals surface area contributed by atoms with Crippen molar-refractivity contribution >= 4 is 8.96 Å². The fraction of sp³-hybridized carbons (Fsp3) is 1.00. The van der Waals surface area contributed by atoms with Crippen molar-refractivity contribution in [3.8, 4) is 0 Å². The Morgan fingerprint density at radius 1 is 0.917 bits per heavy atom. The molecule has 0 rings (SSSR count). The number of hydrogen-bond donors (Lipinski definition) is 0. The van der Waals surface area contributed by atoms with Crippen LogP contribution in [0.4, 0.5) is 0 Å². The molecule has 0 aliphatic heterocycles. The van der Waals surface area contributed by atoms with Gasteiger partial charge in [-0.2, -0.15) is 0 Å². The predicted octanol–water partition coefficient (Wildman–Crippen LogP) is 3.14. The smallest absolute Gasteiger partial charge is 0.129 e. The predicted molar refractivity (Wildman–Crippen MR) is 58.9 cm³/mol. The van der Waals surface area contributed by atoms with Gasteiger partial charge in [-0.1, -0.05) is 39.8 Å². The second-order valence-electron chi connectivity index (χ2n) is 3.64. The third kappa shape index (κ3) is 5.78. The highest BCUT2D eigenvalue weighted by Gasteiger charge is 2.08. The van der Waals surface area contributed by atoms with Crippen LogP contribution in [-0.4, -0.2) is 26.6 Å². The highest BCUT2D eigenvalue weighted by atomic mass is 28.3. The zero-order chi connectivity index (χ0) is 9.40. The molecule has 0 aromatic carbocycles. The molecule has 0 aliphatic rings. The summed E-state index contributed by atoms with van der Waals surface area (Å²) in [5.74, 6) is 0. The van der Waals surface area contributed by atoms with Gasteiger partial charge in [0.2, 0.25) is 0 Å². The average molecular weight is 186 g/mol. The second kappa shape index (κ2) is 7.81. The minimum Gasteiger partial charge on any atom is -0.325 e. The molecule has 1 nitrogen and oxygen atoms in total. The maximum Gasteiger partial charge on any atom is 0.129 e. The molecule has 0 bridgehead atoms. The van der Waals surface area contributed by atoms with Crippen LogP contribution < -0.4 is 0 Å². The van der Waals surface area contributed by atoms with E-state index in [2.05, 4.69) is 31.5 Å². The van der Waals surface area contributed by atoms with E-state index in [1.54, 1.807) is 0 Å². The summed E-state index contributed by atoms with van der Waals surface area (Å²) >= 11 is 0. The average Bonchev–Trinajstić information content (AvgIpc) is 2.04. The molecule has 73 valence electrons. The van der Waals surface area contributed by atoms with Crippen molar-refractivity contribution in [3.63, 3.8) is 0 Å². The van der Waals surface area contributed by atoms with Crippen LogP contribution in [0, 0.1) is 0 Å². The van der Waals surface area contributed by atoms with Crippen molar-refractivity contribution in [2.75, 3.05) is 13.1 Å². The first-order chi connectivity index (χ1) is 5.72. The summed E-state index contributed by atoms with van der Waals surface area (Å²) in [5.41, 5.74) is 0. The first-order valence-corrected chi connectivity index (χ1v) is 7.72. The Morgan fingerprint density at radius 2 is 1.33 bits per heavy atom. The van der Waals surface area contributed by atoms with Gasteiger partial charge in [0.1, 0.15) is 8.96 Å². The Morgan fingerprint density at radius 3 is 1.58 bits per heavy atom. The van der Waals surface area contributed by atoms with Crippen molar-refractivity contribution < 1.29 is 0 Å². The normalized spacial score (nSPS) is 11.5. The van der Waals surface area contributed by atoms with Crippen LogP contribution in [0.25, 0.3) is 0 Å². The SMILES string of the molecule is CCCCN(CCCC)[Si](C)C. The molecule has 0 N–H and O–H groups in total. The van der Waals surface area contributed by atoms with Crippen molar-refractivity contribution in [2.24, 2.45) is 0 Å². The number of nitrogens with zero attached hydrogens (tertiary/aromatic N) is 1. The number of hydrogen-bond acceptors (Lipinski definition) is 1. The summed E-state index contributed by atoms with van der Waals surface area (Å²) in [7, 11) is -0.185. The molecule has 0 aliphatic carbocycles. The maximum atomic E-state index is 2.69. The van der Waals surface area contributed by atoms with Gasteiger partial charge in [-0.3, -0.25) is 0 Å². The Labute approximate surface area is 79.8 Å². The van der Waals surface area contributed by atoms with Crippen LogP contribution in [0.3, 0.4) is 0 Å². The molecule has 0 aromatic heterocycles. The van der Waals surface area contributed by atoms with Crippen LogP contribution in [0.2, 0.25) is 13.1 Å². The third-order valence-corrected chi connectivity index (χ3v) is 3.91. The molecule has 0 saturated carbocycles. The molecule has 0 saturated heterocycles. The highest BCUT2D eigenvalue weighted by molar-refractivity contribution is 6.52. The van der Waals surface area contributed by atoms with E-state index < -0.39 is 0 Å². The lowest BCUT2D eigenvalue weighted by molar-refractivity contribution is 0.413. The van der Waals surface area contributed by atoms with E-state index in [1.807, 2.05) is 0 Å². The van der Waals surface area contributed by atoms with Gasteiger partial charge < -0.3 is 4.57 Å². The summed E-state index contributed by atoms with van der Waals surface area (Å²) in [6.07, 6.45) is 5.41. The molecule has 0 spiro atoms. The molecule has 2 heteroatoms. The minimum atomic E-state index is -0.185. The van der Waals surface area contributed by atoms with E-state index in [4.69, 9.17) is 0 Å². The largest absolute Gasteiger partial charge is 0.325 e. The number of rotatable bonds is 7. The first kappa shape index (κ1) is 12.2. The van der Waals surface area contributed by atoms with Crippen LogP contribution in [-0.2, 0) is 0 Å². The van der Waals surface area contributed by atoms with Crippen molar-refractivity contribution in [1.29, 1.82) is 0 Å². The van der Waals surface area contributed by atoms with Gasteiger partial charge >= 0.3 is 0 Å². The van der Waals surface area contributed by atoms with Crippen molar-refractivity contribution in [1.82, 2.24) is 4.57 Å². The molecule has 0 heterocycles. The van der Waals surface area contributed by atoms with Gasteiger partial charge in [-0.05, 0) is 25.9 Å². The standard InChI is InChI=1S/C10H24NSi/c1-5-7-9-11(12(3)4)10-8-6-2/h5-10H2,1-4H3. The maximum absolute atomic E-state index is 2.69. The third-order valence-electron chi connectivity index (χ3n) is 2.20. The van der Waals surface area contributed by atoms with Crippen LogP contribution in [0.1, 0.15) is 39.5 Å². The van der Waals surface area contributed by atoms with Crippen molar-refractivity contribution in [3.05, 3.63) is 0 Å². The lowest BCUT2D eigenvalue weighted by Gasteiger charge is -2.24. The molecule has 12 heavy (non-hydrogen) atoms. The molecule has 0 atom stereocenters. The second-order valence-corrected chi connectivity index (χ2v) is 6.17. The Balaban J connectivity index is 3.55. The summed E-state index contributed by atoms with van der Waals surface area (Å²) in [5, 5.41) is 0. The Hall–Kier alpha value is 0.177. The lowest BCUT2D eigenvalue weighted by Crippen LogP contribution is -2.36. The fourth-order valence-corrected chi connectivity index (χ4v) is 2.47. The zero-order valence-electron chi connectivity index (χ0n) is 9.19. The molecule has 0 amide bonds. The van der Waals surface area contributed by atoms with Crippen LogP contribution in [0.5, 0.6) is 0 Å². The van der Waals surface area contributed by atoms with Gasteiger partial charge in [0, 0.05) is 0 Å². The molecule has 0 unspecified atom stereocenters. The van der Waals surface area contributed by atoms with E-state index in [0.29, 0.717) is 0 Å². The molecule has 0 fully saturated rings. The highest BCUT2D eigenvalue weighted by Crippen LogP contribution is 2.01. The van der Waals surface area contributed by atoms with Gasteiger partial charge in [0.25, 0.3) is 0 Å². The quantitative estimate of drug-likeness (QED) is 0.552. The van der Waals surface area contributed by atoms with Gasteiger partial charge in [-0.25, -0.2) is 0 Å². The summed E-state index contributed by atoms with van der Waals surface area (Å²) in [6, 6.07) is 0. The number of unbranched alkanes of at least 4 members (excludes halogenated alkanes) is 2. The summed E-state index contributed by atoms with van der Waals surface area (Å²) < 4.78 is 2.69. The van der Waals surface area contributed by atoms with E-state index in [9.17, 15) is 0 Å². The van der Waals surface area contributed by atoms with E-state index in [1.165, 1.54) is 38.8 Å². The topological polar surface area (TPSA) is 3.24 Å². The van der Waals surface area contributed by atoms with Crippen molar-refractivity contribution in [2.45, 2.75) is 52.6 Å². The van der Waals surface area contributed by atoms with E-state index >= 15 is 0 Å². The fourth-order valence-electron chi connectivity index (χ4n) is 1.26. The van der Waals surface area contributed by atoms with E-state index in [0.717, 1.165) is 0 Å². The molecule has 0 aromatic rings. The van der Waals surface area contributed by atoms with E-state index in [-0.39, 0.29) is 8.96 Å². The van der Waals surface area contributed by atoms with Gasteiger partial charge in [-0.15, -0.1) is 0 Å². The Bertz CT molecular complexity index is 85.8. The Kier molecular flexibility index (Phi) is 7.92. The monoisotopic (exact) mass is 186 g/mol. The van der Waals surface area contributed by atoms with Crippen LogP contribution in [0.15, 0.2) is 0 Å². The van der Waals surface area contributed by atoms with Gasteiger partial charge in [0.05, 0.1) is 0 Å². The minimum absolute atomic E-state index is 0.185. The molecular weight excluding hydrogens is 162 g/mol.